The van der Waals surface area contributed by atoms with Crippen LogP contribution >= 0.6 is 15.9 Å². The van der Waals surface area contributed by atoms with Crippen LogP contribution in [-0.4, -0.2) is 12.1 Å². The number of hydrogen-bond acceptors (Lipinski definition) is 3. The molecule has 0 unspecified atom stereocenters. The summed E-state index contributed by atoms with van der Waals surface area (Å²) in [5.74, 6) is 0.514. The molecular weight excluding hydrogens is 392 g/mol. The molecule has 0 heterocycles. The molecule has 26 heavy (non-hydrogen) atoms. The molecular formula is C21H17BrN2O2. The second-order valence-corrected chi connectivity index (χ2v) is 6.38. The van der Waals surface area contributed by atoms with Crippen molar-refractivity contribution >= 4 is 28.1 Å². The molecule has 0 aliphatic rings. The van der Waals surface area contributed by atoms with Crippen molar-refractivity contribution in [3.8, 4) is 5.75 Å². The fourth-order valence-electron chi connectivity index (χ4n) is 2.26. The molecule has 0 aromatic heterocycles. The molecule has 130 valence electrons. The van der Waals surface area contributed by atoms with E-state index in [2.05, 4.69) is 26.5 Å². The monoisotopic (exact) mass is 408 g/mol. The van der Waals surface area contributed by atoms with Crippen LogP contribution < -0.4 is 10.2 Å². The SMILES string of the molecule is O=C(NN=Cc1ccc(OCc2ccccc2)cc1)c1ccccc1Br. The van der Waals surface area contributed by atoms with Gasteiger partial charge in [0, 0.05) is 4.47 Å². The predicted octanol–water partition coefficient (Wildman–Crippen LogP) is 4.79. The largest absolute Gasteiger partial charge is 0.489 e. The number of hydrazone groups is 1. The quantitative estimate of drug-likeness (QED) is 0.470. The first kappa shape index (κ1) is 17.9. The molecule has 0 saturated carbocycles. The molecule has 4 nitrogen and oxygen atoms in total. The van der Waals surface area contributed by atoms with Gasteiger partial charge in [-0.05, 0) is 63.5 Å². The van der Waals surface area contributed by atoms with E-state index in [1.807, 2.05) is 66.7 Å². The Balaban J connectivity index is 1.53. The smallest absolute Gasteiger partial charge is 0.272 e. The third-order valence-corrected chi connectivity index (χ3v) is 4.32. The summed E-state index contributed by atoms with van der Waals surface area (Å²) in [7, 11) is 0. The number of nitrogens with zero attached hydrogens (tertiary/aromatic N) is 1. The number of carbonyl (C=O) groups is 1. The highest BCUT2D eigenvalue weighted by atomic mass is 79.9. The van der Waals surface area contributed by atoms with Gasteiger partial charge in [0.05, 0.1) is 11.8 Å². The molecule has 3 rings (SSSR count). The lowest BCUT2D eigenvalue weighted by atomic mass is 10.2. The van der Waals surface area contributed by atoms with Gasteiger partial charge in [-0.25, -0.2) is 5.43 Å². The lowest BCUT2D eigenvalue weighted by Gasteiger charge is -2.06. The molecule has 1 amide bonds. The van der Waals surface area contributed by atoms with Gasteiger partial charge >= 0.3 is 0 Å². The van der Waals surface area contributed by atoms with Crippen LogP contribution in [-0.2, 0) is 6.61 Å². The Kier molecular flexibility index (Phi) is 6.17. The number of hydrogen-bond donors (Lipinski definition) is 1. The number of benzene rings is 3. The zero-order chi connectivity index (χ0) is 18.2. The summed E-state index contributed by atoms with van der Waals surface area (Å²) in [5.41, 5.74) is 5.04. The maximum Gasteiger partial charge on any atom is 0.272 e. The molecule has 0 atom stereocenters. The van der Waals surface area contributed by atoms with Gasteiger partial charge in [-0.1, -0.05) is 42.5 Å². The Morgan fingerprint density at radius 1 is 0.962 bits per heavy atom. The number of rotatable bonds is 6. The van der Waals surface area contributed by atoms with Crippen LogP contribution in [0, 0.1) is 0 Å². The van der Waals surface area contributed by atoms with Crippen LogP contribution in [0.4, 0.5) is 0 Å². The Hall–Kier alpha value is -2.92. The summed E-state index contributed by atoms with van der Waals surface area (Å²) in [6.45, 7) is 0.524. The fourth-order valence-corrected chi connectivity index (χ4v) is 2.73. The molecule has 0 aliphatic heterocycles. The maximum atomic E-state index is 12.1. The molecule has 0 saturated heterocycles. The molecule has 0 spiro atoms. The number of halogens is 1. The first-order chi connectivity index (χ1) is 12.7. The number of nitrogens with one attached hydrogen (secondary N) is 1. The molecule has 0 aliphatic carbocycles. The summed E-state index contributed by atoms with van der Waals surface area (Å²) >= 11 is 3.35. The minimum absolute atomic E-state index is 0.267. The van der Waals surface area contributed by atoms with E-state index in [1.165, 1.54) is 0 Å². The Labute approximate surface area is 160 Å². The summed E-state index contributed by atoms with van der Waals surface area (Å²) < 4.78 is 6.47. The van der Waals surface area contributed by atoms with Crippen LogP contribution in [0.25, 0.3) is 0 Å². The third-order valence-electron chi connectivity index (χ3n) is 3.63. The van der Waals surface area contributed by atoms with Crippen molar-refractivity contribution < 1.29 is 9.53 Å². The van der Waals surface area contributed by atoms with Crippen LogP contribution in [0.1, 0.15) is 21.5 Å². The molecule has 3 aromatic rings. The van der Waals surface area contributed by atoms with E-state index >= 15 is 0 Å². The van der Waals surface area contributed by atoms with E-state index in [0.29, 0.717) is 12.2 Å². The fraction of sp³-hybridized carbons (Fsp3) is 0.0476. The average Bonchev–Trinajstić information content (AvgIpc) is 2.68. The summed E-state index contributed by atoms with van der Waals surface area (Å²) in [5, 5.41) is 4.00. The van der Waals surface area contributed by atoms with Gasteiger partial charge in [-0.2, -0.15) is 5.10 Å². The number of ether oxygens (including phenoxy) is 1. The Morgan fingerprint density at radius 3 is 2.38 bits per heavy atom. The Morgan fingerprint density at radius 2 is 1.65 bits per heavy atom. The molecule has 3 aromatic carbocycles. The molecule has 5 heteroatoms. The van der Waals surface area contributed by atoms with Crippen molar-refractivity contribution in [1.29, 1.82) is 0 Å². The van der Waals surface area contributed by atoms with Crippen LogP contribution in [0.5, 0.6) is 5.75 Å². The van der Waals surface area contributed by atoms with Gasteiger partial charge in [0.25, 0.3) is 5.91 Å². The molecule has 0 bridgehead atoms. The predicted molar refractivity (Wildman–Crippen MR) is 106 cm³/mol. The highest BCUT2D eigenvalue weighted by Crippen LogP contribution is 2.16. The third kappa shape index (κ3) is 5.04. The highest BCUT2D eigenvalue weighted by Gasteiger charge is 2.07. The van der Waals surface area contributed by atoms with Gasteiger partial charge in [-0.3, -0.25) is 4.79 Å². The molecule has 1 N–H and O–H groups in total. The topological polar surface area (TPSA) is 50.7 Å². The van der Waals surface area contributed by atoms with Gasteiger partial charge < -0.3 is 4.74 Å². The first-order valence-electron chi connectivity index (χ1n) is 8.07. The second-order valence-electron chi connectivity index (χ2n) is 5.52. The van der Waals surface area contributed by atoms with E-state index in [4.69, 9.17) is 4.74 Å². The molecule has 0 fully saturated rings. The van der Waals surface area contributed by atoms with Crippen molar-refractivity contribution in [2.24, 2.45) is 5.10 Å². The van der Waals surface area contributed by atoms with Crippen molar-refractivity contribution in [2.45, 2.75) is 6.61 Å². The maximum absolute atomic E-state index is 12.1. The van der Waals surface area contributed by atoms with Crippen LogP contribution in [0.15, 0.2) is 88.4 Å². The van der Waals surface area contributed by atoms with Gasteiger partial charge in [-0.15, -0.1) is 0 Å². The van der Waals surface area contributed by atoms with Crippen molar-refractivity contribution in [1.82, 2.24) is 5.43 Å². The van der Waals surface area contributed by atoms with Crippen molar-refractivity contribution in [3.63, 3.8) is 0 Å². The first-order valence-corrected chi connectivity index (χ1v) is 8.86. The van der Waals surface area contributed by atoms with Crippen molar-refractivity contribution in [2.75, 3.05) is 0 Å². The van der Waals surface area contributed by atoms with Crippen LogP contribution in [0.2, 0.25) is 0 Å². The van der Waals surface area contributed by atoms with Gasteiger partial charge in [0.2, 0.25) is 0 Å². The van der Waals surface area contributed by atoms with E-state index < -0.39 is 0 Å². The van der Waals surface area contributed by atoms with E-state index in [1.54, 1.807) is 18.3 Å². The zero-order valence-electron chi connectivity index (χ0n) is 13.9. The highest BCUT2D eigenvalue weighted by molar-refractivity contribution is 9.10. The van der Waals surface area contributed by atoms with E-state index in [0.717, 1.165) is 21.3 Å². The summed E-state index contributed by atoms with van der Waals surface area (Å²) in [6.07, 6.45) is 1.59. The average molecular weight is 409 g/mol. The number of carbonyl (C=O) groups excluding carboxylic acids is 1. The Bertz CT molecular complexity index is 893. The standard InChI is InChI=1S/C21H17BrN2O2/c22-20-9-5-4-8-19(20)21(25)24-23-14-16-10-12-18(13-11-16)26-15-17-6-2-1-3-7-17/h1-14H,15H2,(H,24,25). The van der Waals surface area contributed by atoms with Gasteiger partial charge in [0.15, 0.2) is 0 Å². The minimum Gasteiger partial charge on any atom is -0.489 e. The second kappa shape index (κ2) is 8.97. The lowest BCUT2D eigenvalue weighted by Crippen LogP contribution is -2.18. The minimum atomic E-state index is -0.267. The van der Waals surface area contributed by atoms with Gasteiger partial charge in [0.1, 0.15) is 12.4 Å². The summed E-state index contributed by atoms with van der Waals surface area (Å²) in [4.78, 5) is 12.1. The molecule has 0 radical (unpaired) electrons. The normalized spacial score (nSPS) is 10.7. The summed E-state index contributed by atoms with van der Waals surface area (Å²) in [6, 6.07) is 24.7. The lowest BCUT2D eigenvalue weighted by molar-refractivity contribution is 0.0954. The number of amides is 1. The van der Waals surface area contributed by atoms with E-state index in [9.17, 15) is 4.79 Å². The van der Waals surface area contributed by atoms with Crippen LogP contribution in [0.3, 0.4) is 0 Å². The zero-order valence-corrected chi connectivity index (χ0v) is 15.5. The van der Waals surface area contributed by atoms with E-state index in [-0.39, 0.29) is 5.91 Å². The van der Waals surface area contributed by atoms with Crippen molar-refractivity contribution in [3.05, 3.63) is 100 Å².